The number of halogens is 1. The molecule has 0 aliphatic carbocycles. The monoisotopic (exact) mass is 402 g/mol. The number of H-pyrrole nitrogens is 2. The SMILES string of the molecule is CN1CCC(Oc2ccc(-n3c(-c4cc[nH]c4N)c(N)[nH]c3=O)cc2Cl)CC1. The van der Waals surface area contributed by atoms with E-state index < -0.39 is 0 Å². The number of nitrogens with zero attached hydrogens (tertiary/aromatic N) is 2. The number of aromatic nitrogens is 3. The molecule has 1 aromatic carbocycles. The van der Waals surface area contributed by atoms with Crippen molar-refractivity contribution in [2.24, 2.45) is 0 Å². The number of likely N-dealkylation sites (tertiary alicyclic amines) is 1. The van der Waals surface area contributed by atoms with E-state index in [9.17, 15) is 4.79 Å². The summed E-state index contributed by atoms with van der Waals surface area (Å²) >= 11 is 6.47. The minimum atomic E-state index is -0.367. The van der Waals surface area contributed by atoms with Crippen molar-refractivity contribution < 1.29 is 4.74 Å². The molecular formula is C19H23ClN6O2. The molecule has 9 heteroatoms. The highest BCUT2D eigenvalue weighted by Gasteiger charge is 2.21. The van der Waals surface area contributed by atoms with Crippen LogP contribution < -0.4 is 21.9 Å². The van der Waals surface area contributed by atoms with Gasteiger partial charge >= 0.3 is 5.69 Å². The van der Waals surface area contributed by atoms with Crippen molar-refractivity contribution in [3.8, 4) is 22.7 Å². The summed E-state index contributed by atoms with van der Waals surface area (Å²) in [7, 11) is 2.10. The van der Waals surface area contributed by atoms with Gasteiger partial charge < -0.3 is 26.1 Å². The van der Waals surface area contributed by atoms with Gasteiger partial charge in [0.05, 0.1) is 10.7 Å². The standard InChI is InChI=1S/C19H23ClN6O2/c1-25-8-5-12(6-9-25)28-15-3-2-11(10-14(15)20)26-16(18(22)24-19(26)27)13-4-7-23-17(13)21/h2-4,7,10,12,23H,5-6,8-9,21-22H2,1H3,(H,24,27). The van der Waals surface area contributed by atoms with Crippen molar-refractivity contribution >= 4 is 23.2 Å². The van der Waals surface area contributed by atoms with Crippen LogP contribution in [0.25, 0.3) is 16.9 Å². The van der Waals surface area contributed by atoms with E-state index in [1.54, 1.807) is 30.5 Å². The van der Waals surface area contributed by atoms with Crippen molar-refractivity contribution in [2.45, 2.75) is 18.9 Å². The van der Waals surface area contributed by atoms with E-state index in [0.717, 1.165) is 25.9 Å². The molecule has 0 radical (unpaired) electrons. The van der Waals surface area contributed by atoms with Gasteiger partial charge in [-0.2, -0.15) is 0 Å². The molecule has 0 saturated carbocycles. The number of aromatic amines is 2. The smallest absolute Gasteiger partial charge is 0.332 e. The molecule has 3 aromatic rings. The van der Waals surface area contributed by atoms with E-state index in [-0.39, 0.29) is 17.6 Å². The van der Waals surface area contributed by atoms with Gasteiger partial charge in [0.25, 0.3) is 0 Å². The summed E-state index contributed by atoms with van der Waals surface area (Å²) in [6.45, 7) is 2.00. The zero-order valence-corrected chi connectivity index (χ0v) is 16.3. The lowest BCUT2D eigenvalue weighted by Crippen LogP contribution is -2.35. The second kappa shape index (κ2) is 7.29. The minimum absolute atomic E-state index is 0.139. The first-order valence-electron chi connectivity index (χ1n) is 9.13. The molecule has 28 heavy (non-hydrogen) atoms. The number of nitrogen functional groups attached to an aromatic ring is 2. The molecule has 1 aliphatic heterocycles. The molecule has 0 bridgehead atoms. The fraction of sp³-hybridized carbons (Fsp3) is 0.316. The molecule has 3 heterocycles. The highest BCUT2D eigenvalue weighted by molar-refractivity contribution is 6.32. The molecule has 0 spiro atoms. The number of benzene rings is 1. The molecule has 0 amide bonds. The Kier molecular flexibility index (Phi) is 4.82. The maximum Gasteiger partial charge on any atom is 0.332 e. The lowest BCUT2D eigenvalue weighted by Gasteiger charge is -2.29. The summed E-state index contributed by atoms with van der Waals surface area (Å²) in [5, 5.41) is 0.441. The van der Waals surface area contributed by atoms with Crippen molar-refractivity contribution in [1.82, 2.24) is 19.4 Å². The van der Waals surface area contributed by atoms with E-state index in [4.69, 9.17) is 27.8 Å². The van der Waals surface area contributed by atoms with Crippen LogP contribution in [0.15, 0.2) is 35.3 Å². The minimum Gasteiger partial charge on any atom is -0.489 e. The number of rotatable bonds is 4. The van der Waals surface area contributed by atoms with Crippen LogP contribution >= 0.6 is 11.6 Å². The Balaban J connectivity index is 1.67. The quantitative estimate of drug-likeness (QED) is 0.534. The number of hydrogen-bond acceptors (Lipinski definition) is 5. The predicted octanol–water partition coefficient (Wildman–Crippen LogP) is 2.45. The van der Waals surface area contributed by atoms with Crippen LogP contribution in [0.1, 0.15) is 12.8 Å². The second-order valence-electron chi connectivity index (χ2n) is 7.07. The third-order valence-corrected chi connectivity index (χ3v) is 5.39. The van der Waals surface area contributed by atoms with Gasteiger partial charge in [-0.05, 0) is 44.2 Å². The van der Waals surface area contributed by atoms with E-state index in [0.29, 0.717) is 33.5 Å². The zero-order chi connectivity index (χ0) is 19.8. The Morgan fingerprint density at radius 1 is 1.18 bits per heavy atom. The van der Waals surface area contributed by atoms with Crippen molar-refractivity contribution in [3.05, 3.63) is 46.0 Å². The molecule has 0 atom stereocenters. The highest BCUT2D eigenvalue weighted by Crippen LogP contribution is 2.33. The van der Waals surface area contributed by atoms with Crippen molar-refractivity contribution in [2.75, 3.05) is 31.6 Å². The summed E-state index contributed by atoms with van der Waals surface area (Å²) < 4.78 is 7.54. The Labute approximate surface area is 167 Å². The summed E-state index contributed by atoms with van der Waals surface area (Å²) in [5.41, 5.74) is 13.3. The first kappa shape index (κ1) is 18.5. The lowest BCUT2D eigenvalue weighted by molar-refractivity contribution is 0.114. The molecule has 8 nitrogen and oxygen atoms in total. The third kappa shape index (κ3) is 3.36. The predicted molar refractivity (Wildman–Crippen MR) is 111 cm³/mol. The number of ether oxygens (including phenoxy) is 1. The molecule has 1 saturated heterocycles. The van der Waals surface area contributed by atoms with E-state index in [1.807, 2.05) is 0 Å². The fourth-order valence-electron chi connectivity index (χ4n) is 3.56. The number of nitrogens with two attached hydrogens (primary N) is 2. The summed E-state index contributed by atoms with van der Waals surface area (Å²) in [4.78, 5) is 20.3. The van der Waals surface area contributed by atoms with Gasteiger partial charge in [-0.15, -0.1) is 0 Å². The number of imidazole rings is 1. The third-order valence-electron chi connectivity index (χ3n) is 5.09. The van der Waals surface area contributed by atoms with Crippen LogP contribution in [0.3, 0.4) is 0 Å². The zero-order valence-electron chi connectivity index (χ0n) is 15.5. The normalized spacial score (nSPS) is 15.8. The van der Waals surface area contributed by atoms with Crippen LogP contribution in [0.2, 0.25) is 5.02 Å². The van der Waals surface area contributed by atoms with Crippen LogP contribution in [0.4, 0.5) is 11.6 Å². The molecule has 0 unspecified atom stereocenters. The molecule has 2 aromatic heterocycles. The van der Waals surface area contributed by atoms with Gasteiger partial charge in [-0.25, -0.2) is 4.79 Å². The van der Waals surface area contributed by atoms with Crippen LogP contribution in [0.5, 0.6) is 5.75 Å². The molecule has 1 fully saturated rings. The van der Waals surface area contributed by atoms with E-state index in [1.165, 1.54) is 4.57 Å². The topological polar surface area (TPSA) is 118 Å². The highest BCUT2D eigenvalue weighted by atomic mass is 35.5. The second-order valence-corrected chi connectivity index (χ2v) is 7.48. The first-order valence-corrected chi connectivity index (χ1v) is 9.50. The van der Waals surface area contributed by atoms with E-state index in [2.05, 4.69) is 21.9 Å². The molecule has 1 aliphatic rings. The average Bonchev–Trinajstić information content (AvgIpc) is 3.20. The van der Waals surface area contributed by atoms with Crippen LogP contribution in [0, 0.1) is 0 Å². The number of nitrogens with one attached hydrogen (secondary N) is 2. The van der Waals surface area contributed by atoms with Gasteiger partial charge in [0.1, 0.15) is 29.2 Å². The largest absolute Gasteiger partial charge is 0.489 e. The molecule has 4 rings (SSSR count). The lowest BCUT2D eigenvalue weighted by atomic mass is 10.1. The maximum atomic E-state index is 12.5. The number of anilines is 2. The molecular weight excluding hydrogens is 380 g/mol. The first-order chi connectivity index (χ1) is 13.4. The summed E-state index contributed by atoms with van der Waals surface area (Å²) in [6.07, 6.45) is 3.75. The number of hydrogen-bond donors (Lipinski definition) is 4. The van der Waals surface area contributed by atoms with Crippen molar-refractivity contribution in [3.63, 3.8) is 0 Å². The van der Waals surface area contributed by atoms with Crippen LogP contribution in [-0.2, 0) is 0 Å². The Morgan fingerprint density at radius 2 is 1.93 bits per heavy atom. The van der Waals surface area contributed by atoms with E-state index >= 15 is 0 Å². The average molecular weight is 403 g/mol. The Bertz CT molecular complexity index is 1050. The van der Waals surface area contributed by atoms with Crippen LogP contribution in [-0.4, -0.2) is 45.7 Å². The Hall–Kier alpha value is -2.84. The Morgan fingerprint density at radius 3 is 2.57 bits per heavy atom. The molecule has 6 N–H and O–H groups in total. The summed E-state index contributed by atoms with van der Waals surface area (Å²) in [5.74, 6) is 1.27. The van der Waals surface area contributed by atoms with Gasteiger partial charge in [-0.3, -0.25) is 9.55 Å². The number of piperidine rings is 1. The summed E-state index contributed by atoms with van der Waals surface area (Å²) in [6, 6.07) is 7.05. The van der Waals surface area contributed by atoms with Gasteiger partial charge in [-0.1, -0.05) is 11.6 Å². The van der Waals surface area contributed by atoms with Gasteiger partial charge in [0.2, 0.25) is 0 Å². The maximum absolute atomic E-state index is 12.5. The van der Waals surface area contributed by atoms with Gasteiger partial charge in [0.15, 0.2) is 0 Å². The fourth-order valence-corrected chi connectivity index (χ4v) is 3.78. The van der Waals surface area contributed by atoms with Gasteiger partial charge in [0, 0.05) is 24.8 Å². The molecule has 148 valence electrons. The van der Waals surface area contributed by atoms with Crippen molar-refractivity contribution in [1.29, 1.82) is 0 Å².